The van der Waals surface area contributed by atoms with Crippen molar-refractivity contribution in [2.24, 2.45) is 69.3 Å². The molecule has 484 valence electrons. The SMILES string of the molecule is CCCC(=O)C(=O)[C@@H]1CCCCCCCCC[C@H](CC(=O)C[C@H](CN(C)S(=O)(=O)c2cccs2)C(C)(C)C)C(=O)N2C[C@H]3[C@@H]([C@H]2C(=O)C1)C3(C)C.CCCC(=O)C(=O)[C@@H]1CCCCCCCCC[C@H](N)C(=O)N2C[C@H]3[C@@H]([C@H]2C(=O)C1)C3(C)C.O=CO. The van der Waals surface area contributed by atoms with Crippen LogP contribution >= 0.6 is 11.3 Å². The fraction of sp³-hybridized carbons (Fsp3) is 0.791. The molecule has 2 aliphatic carbocycles. The van der Waals surface area contributed by atoms with E-state index >= 15 is 0 Å². The molecule has 86 heavy (non-hydrogen) atoms. The molecule has 0 bridgehead atoms. The summed E-state index contributed by atoms with van der Waals surface area (Å²) < 4.78 is 28.1. The molecular formula is C67H106N4O13S2. The second kappa shape index (κ2) is 32.4. The summed E-state index contributed by atoms with van der Waals surface area (Å²) in [6.07, 6.45) is 18.0. The molecule has 17 nitrogen and oxygen atoms in total. The number of Topliss-reactive ketones (excluding diaryl/α,β-unsaturated/α-hetero) is 7. The number of nitrogens with zero attached hydrogens (tertiary/aromatic N) is 3. The maximum absolute atomic E-state index is 14.5. The number of nitrogens with two attached hydrogens (primary N) is 1. The average Bonchev–Trinajstić information content (AvgIpc) is 1.57. The standard InChI is InChI=1S/C40H62N2O7S2.C26H42N2O4.CH2O2/c1-8-17-32(44)37(46)27-18-14-12-10-9-11-13-15-19-28(38(47)42-26-31-35(40(31,5)6)36(42)33(45)23-27)22-30(43)24-29(39(2,3)4)25-41(7)51(48,49)34-20-16-21-50-34;1-4-12-20(29)24(31)17-13-10-8-6-5-7-9-11-14-19(27)25(32)28-16-18-22(26(18,2)3)23(28)21(30)15-17;2-1-3/h16,20-21,27-29,31,35-36H,8-15,17-19,22-26H2,1-7H3;17-19,22-23H,4-16,27H2,1-3H3;1H,(H,2,3)/t27-,28-,29-,31+,35+,36-;17-,18+,19+,22+,23-;/m11./s1. The Kier molecular flexibility index (Phi) is 27.3. The summed E-state index contributed by atoms with van der Waals surface area (Å²) in [6.45, 7) is 19.3. The number of carboxylic acid groups (broad SMARTS) is 1. The number of thiophene rings is 1. The molecule has 4 aliphatic heterocycles. The van der Waals surface area contributed by atoms with Crippen molar-refractivity contribution in [3.05, 3.63) is 17.5 Å². The highest BCUT2D eigenvalue weighted by molar-refractivity contribution is 7.91. The Hall–Kier alpha value is -4.33. The predicted molar refractivity (Wildman–Crippen MR) is 333 cm³/mol. The molecule has 0 spiro atoms. The van der Waals surface area contributed by atoms with Gasteiger partial charge in [-0.3, -0.25) is 47.9 Å². The molecule has 0 radical (unpaired) electrons. The molecule has 19 heteroatoms. The topological polar surface area (TPSA) is 261 Å². The van der Waals surface area contributed by atoms with Crippen LogP contribution in [0.15, 0.2) is 21.7 Å². The highest BCUT2D eigenvalue weighted by Gasteiger charge is 2.70. The van der Waals surface area contributed by atoms with Crippen LogP contribution in [0.5, 0.6) is 0 Å². The van der Waals surface area contributed by atoms with Crippen molar-refractivity contribution >= 4 is 80.1 Å². The number of sulfonamides is 1. The number of fused-ring (bicyclic) bond motifs is 6. The molecule has 1 aromatic rings. The molecule has 3 N–H and O–H groups in total. The summed E-state index contributed by atoms with van der Waals surface area (Å²) in [5.74, 6) is -3.58. The van der Waals surface area contributed by atoms with Crippen molar-refractivity contribution in [3.8, 4) is 0 Å². The van der Waals surface area contributed by atoms with E-state index in [0.717, 1.165) is 89.9 Å². The van der Waals surface area contributed by atoms with Crippen LogP contribution in [0, 0.1) is 63.6 Å². The molecule has 5 heterocycles. The van der Waals surface area contributed by atoms with E-state index in [4.69, 9.17) is 15.6 Å². The minimum absolute atomic E-state index is 0.00242. The molecule has 6 fully saturated rings. The Bertz CT molecular complexity index is 2630. The lowest BCUT2D eigenvalue weighted by Gasteiger charge is -2.35. The van der Waals surface area contributed by atoms with E-state index in [2.05, 4.69) is 27.7 Å². The first-order chi connectivity index (χ1) is 40.5. The minimum atomic E-state index is -3.69. The first kappa shape index (κ1) is 72.4. The Labute approximate surface area is 518 Å². The minimum Gasteiger partial charge on any atom is -0.483 e. The fourth-order valence-corrected chi connectivity index (χ4v) is 17.2. The first-order valence-corrected chi connectivity index (χ1v) is 35.0. The zero-order chi connectivity index (χ0) is 63.9. The second-order valence-electron chi connectivity index (χ2n) is 28.3. The third kappa shape index (κ3) is 18.6. The Balaban J connectivity index is 0.000000329. The number of piperidine rings is 2. The monoisotopic (exact) mass is 1240 g/mol. The van der Waals surface area contributed by atoms with Gasteiger partial charge in [0.05, 0.1) is 18.1 Å². The molecule has 1 aromatic heterocycles. The van der Waals surface area contributed by atoms with Crippen molar-refractivity contribution in [2.45, 2.75) is 252 Å². The van der Waals surface area contributed by atoms with Crippen LogP contribution in [0.4, 0.5) is 0 Å². The van der Waals surface area contributed by atoms with E-state index in [-0.39, 0.29) is 136 Å². The number of ketones is 7. The number of rotatable bonds is 16. The molecule has 0 aromatic carbocycles. The molecule has 0 unspecified atom stereocenters. The van der Waals surface area contributed by atoms with E-state index in [0.29, 0.717) is 57.5 Å². The normalized spacial score (nSPS) is 28.9. The Morgan fingerprint density at radius 2 is 1.10 bits per heavy atom. The van der Waals surface area contributed by atoms with E-state index in [1.165, 1.54) is 15.6 Å². The number of amides is 2. The largest absolute Gasteiger partial charge is 0.483 e. The zero-order valence-electron chi connectivity index (χ0n) is 53.7. The predicted octanol–water partition coefficient (Wildman–Crippen LogP) is 11.1. The summed E-state index contributed by atoms with van der Waals surface area (Å²) in [7, 11) is -2.14. The Morgan fingerprint density at radius 3 is 1.51 bits per heavy atom. The van der Waals surface area contributed by atoms with E-state index in [1.807, 2.05) is 34.6 Å². The maximum atomic E-state index is 14.5. The Morgan fingerprint density at radius 1 is 0.698 bits per heavy atom. The second-order valence-corrected chi connectivity index (χ2v) is 31.5. The molecule has 4 saturated heterocycles. The molecule has 6 aliphatic rings. The number of hydrogen-bond acceptors (Lipinski definition) is 14. The highest BCUT2D eigenvalue weighted by atomic mass is 32.2. The van der Waals surface area contributed by atoms with Gasteiger partial charge in [0.1, 0.15) is 9.99 Å². The van der Waals surface area contributed by atoms with Gasteiger partial charge in [-0.25, -0.2) is 8.42 Å². The maximum Gasteiger partial charge on any atom is 0.290 e. The zero-order valence-corrected chi connectivity index (χ0v) is 55.4. The molecule has 2 saturated carbocycles. The third-order valence-corrected chi connectivity index (χ3v) is 23.6. The van der Waals surface area contributed by atoms with Crippen molar-refractivity contribution in [1.82, 2.24) is 14.1 Å². The lowest BCUT2D eigenvalue weighted by molar-refractivity contribution is -0.145. The van der Waals surface area contributed by atoms with Crippen LogP contribution < -0.4 is 5.73 Å². The number of hydrogen-bond donors (Lipinski definition) is 2. The van der Waals surface area contributed by atoms with Gasteiger partial charge in [0.2, 0.25) is 23.4 Å². The summed E-state index contributed by atoms with van der Waals surface area (Å²) in [5, 5.41) is 8.62. The first-order valence-electron chi connectivity index (χ1n) is 32.7. The average molecular weight is 1240 g/mol. The summed E-state index contributed by atoms with van der Waals surface area (Å²) >= 11 is 1.17. The molecular weight excluding hydrogens is 1130 g/mol. The van der Waals surface area contributed by atoms with Gasteiger partial charge >= 0.3 is 0 Å². The van der Waals surface area contributed by atoms with Crippen molar-refractivity contribution in [2.75, 3.05) is 26.7 Å². The quantitative estimate of drug-likeness (QED) is 0.115. The van der Waals surface area contributed by atoms with Gasteiger partial charge in [-0.05, 0) is 95.8 Å². The molecule has 11 atom stereocenters. The van der Waals surface area contributed by atoms with E-state index in [9.17, 15) is 51.6 Å². The van der Waals surface area contributed by atoms with Crippen molar-refractivity contribution in [1.29, 1.82) is 0 Å². The smallest absolute Gasteiger partial charge is 0.290 e. The van der Waals surface area contributed by atoms with Gasteiger partial charge in [-0.15, -0.1) is 11.3 Å². The van der Waals surface area contributed by atoms with Crippen LogP contribution in [0.3, 0.4) is 0 Å². The van der Waals surface area contributed by atoms with E-state index in [1.54, 1.807) is 34.4 Å². The van der Waals surface area contributed by atoms with E-state index < -0.39 is 57.5 Å². The van der Waals surface area contributed by atoms with Crippen LogP contribution in [0.25, 0.3) is 0 Å². The summed E-state index contributed by atoms with van der Waals surface area (Å²) in [5.41, 5.74) is 5.82. The van der Waals surface area contributed by atoms with Crippen LogP contribution in [-0.4, -0.2) is 131 Å². The van der Waals surface area contributed by atoms with Crippen LogP contribution in [0.1, 0.15) is 229 Å². The van der Waals surface area contributed by atoms with Gasteiger partial charge in [0, 0.05) is 83.0 Å². The lowest BCUT2D eigenvalue weighted by atomic mass is 9.76. The van der Waals surface area contributed by atoms with Gasteiger partial charge in [-0.2, -0.15) is 4.31 Å². The number of carbonyl (C=O) groups is 10. The fourth-order valence-electron chi connectivity index (χ4n) is 14.7. The van der Waals surface area contributed by atoms with Gasteiger partial charge < -0.3 is 20.6 Å². The molecule has 2 amide bonds. The van der Waals surface area contributed by atoms with Crippen LogP contribution in [-0.2, 0) is 58.0 Å². The van der Waals surface area contributed by atoms with Gasteiger partial charge in [0.15, 0.2) is 23.1 Å². The molecule has 7 rings (SSSR count). The summed E-state index contributed by atoms with van der Waals surface area (Å²) in [4.78, 5) is 133. The summed E-state index contributed by atoms with van der Waals surface area (Å²) in [6, 6.07) is 1.57. The van der Waals surface area contributed by atoms with Gasteiger partial charge in [-0.1, -0.05) is 158 Å². The van der Waals surface area contributed by atoms with Gasteiger partial charge in [0.25, 0.3) is 16.5 Å². The highest BCUT2D eigenvalue weighted by Crippen LogP contribution is 2.66. The van der Waals surface area contributed by atoms with Crippen molar-refractivity contribution in [3.63, 3.8) is 0 Å². The lowest BCUT2D eigenvalue weighted by Crippen LogP contribution is -2.52. The number of carbonyl (C=O) groups excluding carboxylic acids is 9. The van der Waals surface area contributed by atoms with Crippen LogP contribution in [0.2, 0.25) is 0 Å². The third-order valence-electron chi connectivity index (χ3n) is 20.4. The van der Waals surface area contributed by atoms with Crippen molar-refractivity contribution < 1.29 is 61.5 Å².